The Hall–Kier alpha value is -2.68. The highest BCUT2D eigenvalue weighted by molar-refractivity contribution is 5.44. The van der Waals surface area contributed by atoms with Crippen LogP contribution in [-0.2, 0) is 12.8 Å². The van der Waals surface area contributed by atoms with Gasteiger partial charge >= 0.3 is 6.18 Å². The first kappa shape index (κ1) is 14.7. The van der Waals surface area contributed by atoms with Crippen molar-refractivity contribution in [2.45, 2.75) is 12.8 Å². The minimum absolute atomic E-state index is 0.0538. The zero-order valence-electron chi connectivity index (χ0n) is 10.8. The molecule has 0 bridgehead atoms. The number of hydrogen-bond acceptors (Lipinski definition) is 3. The van der Waals surface area contributed by atoms with Gasteiger partial charge in [-0.05, 0) is 35.9 Å². The second-order valence-electron chi connectivity index (χ2n) is 4.35. The summed E-state index contributed by atoms with van der Waals surface area (Å²) in [6.07, 6.45) is -4.59. The van der Waals surface area contributed by atoms with Crippen LogP contribution in [-0.4, -0.2) is 0 Å². The van der Waals surface area contributed by atoms with E-state index < -0.39 is 17.3 Å². The van der Waals surface area contributed by atoms with Crippen LogP contribution >= 0.6 is 0 Å². The van der Waals surface area contributed by atoms with E-state index in [-0.39, 0.29) is 12.4 Å². The fourth-order valence-electron chi connectivity index (χ4n) is 1.73. The lowest BCUT2D eigenvalue weighted by atomic mass is 10.1. The van der Waals surface area contributed by atoms with Crippen molar-refractivity contribution in [3.63, 3.8) is 0 Å². The van der Waals surface area contributed by atoms with Crippen LogP contribution in [0.4, 0.5) is 18.9 Å². The normalized spacial score (nSPS) is 11.0. The Kier molecular flexibility index (Phi) is 4.03. The monoisotopic (exact) mass is 292 g/mol. The van der Waals surface area contributed by atoms with Gasteiger partial charge in [0, 0.05) is 5.69 Å². The van der Waals surface area contributed by atoms with Crippen LogP contribution in [0.3, 0.4) is 0 Å². The SMILES string of the molecule is N#Cc1ccc(OCc2ccc(N)cc2)cc1C(F)(F)F. The molecule has 6 heteroatoms. The maximum absolute atomic E-state index is 12.8. The van der Waals surface area contributed by atoms with Gasteiger partial charge in [-0.25, -0.2) is 0 Å². The number of hydrogen-bond donors (Lipinski definition) is 1. The van der Waals surface area contributed by atoms with Gasteiger partial charge < -0.3 is 10.5 Å². The van der Waals surface area contributed by atoms with Crippen LogP contribution in [0.1, 0.15) is 16.7 Å². The lowest BCUT2D eigenvalue weighted by Crippen LogP contribution is -2.08. The van der Waals surface area contributed by atoms with Crippen molar-refractivity contribution in [2.75, 3.05) is 5.73 Å². The van der Waals surface area contributed by atoms with Crippen LogP contribution in [0.2, 0.25) is 0 Å². The van der Waals surface area contributed by atoms with Gasteiger partial charge in [0.2, 0.25) is 0 Å². The minimum Gasteiger partial charge on any atom is -0.489 e. The zero-order chi connectivity index (χ0) is 15.5. The summed E-state index contributed by atoms with van der Waals surface area (Å²) >= 11 is 0. The molecule has 0 atom stereocenters. The summed E-state index contributed by atoms with van der Waals surface area (Å²) in [6, 6.07) is 11.6. The predicted molar refractivity (Wildman–Crippen MR) is 71.3 cm³/mol. The van der Waals surface area contributed by atoms with Gasteiger partial charge in [-0.2, -0.15) is 18.4 Å². The molecule has 0 heterocycles. The predicted octanol–water partition coefficient (Wildman–Crippen LogP) is 3.74. The van der Waals surface area contributed by atoms with Crippen molar-refractivity contribution in [1.29, 1.82) is 5.26 Å². The topological polar surface area (TPSA) is 59.0 Å². The Labute approximate surface area is 119 Å². The number of anilines is 1. The summed E-state index contributed by atoms with van der Waals surface area (Å²) < 4.78 is 43.7. The van der Waals surface area contributed by atoms with E-state index in [2.05, 4.69) is 0 Å². The Balaban J connectivity index is 2.18. The third-order valence-corrected chi connectivity index (χ3v) is 2.80. The summed E-state index contributed by atoms with van der Waals surface area (Å²) in [5, 5.41) is 8.70. The van der Waals surface area contributed by atoms with Gasteiger partial charge in [0.25, 0.3) is 0 Å². The number of benzene rings is 2. The van der Waals surface area contributed by atoms with Crippen molar-refractivity contribution in [3.8, 4) is 11.8 Å². The largest absolute Gasteiger partial charge is 0.489 e. The number of nitrogen functional groups attached to an aromatic ring is 1. The quantitative estimate of drug-likeness (QED) is 0.877. The molecule has 0 unspecified atom stereocenters. The van der Waals surface area contributed by atoms with Crippen molar-refractivity contribution in [1.82, 2.24) is 0 Å². The van der Waals surface area contributed by atoms with Crippen LogP contribution in [0.5, 0.6) is 5.75 Å². The molecule has 0 aliphatic heterocycles. The third-order valence-electron chi connectivity index (χ3n) is 2.80. The lowest BCUT2D eigenvalue weighted by Gasteiger charge is -2.12. The maximum atomic E-state index is 12.8. The number of ether oxygens (including phenoxy) is 1. The fraction of sp³-hybridized carbons (Fsp3) is 0.133. The molecule has 2 aromatic carbocycles. The first-order chi connectivity index (χ1) is 9.90. The number of halogens is 3. The van der Waals surface area contributed by atoms with Crippen molar-refractivity contribution >= 4 is 5.69 Å². The molecule has 2 N–H and O–H groups in total. The van der Waals surface area contributed by atoms with Crippen LogP contribution in [0.25, 0.3) is 0 Å². The molecular formula is C15H11F3N2O. The molecule has 108 valence electrons. The van der Waals surface area contributed by atoms with E-state index in [9.17, 15) is 13.2 Å². The average molecular weight is 292 g/mol. The van der Waals surface area contributed by atoms with E-state index in [1.807, 2.05) is 0 Å². The molecule has 0 aromatic heterocycles. The molecule has 0 fully saturated rings. The third kappa shape index (κ3) is 3.66. The fourth-order valence-corrected chi connectivity index (χ4v) is 1.73. The smallest absolute Gasteiger partial charge is 0.417 e. The highest BCUT2D eigenvalue weighted by atomic mass is 19.4. The van der Waals surface area contributed by atoms with Gasteiger partial charge in [-0.15, -0.1) is 0 Å². The summed E-state index contributed by atoms with van der Waals surface area (Å²) in [4.78, 5) is 0. The van der Waals surface area contributed by atoms with E-state index in [1.165, 1.54) is 12.1 Å². The van der Waals surface area contributed by atoms with Crippen LogP contribution in [0.15, 0.2) is 42.5 Å². The summed E-state index contributed by atoms with van der Waals surface area (Å²) in [7, 11) is 0. The molecule has 3 nitrogen and oxygen atoms in total. The molecule has 0 saturated carbocycles. The molecule has 0 radical (unpaired) electrons. The van der Waals surface area contributed by atoms with Gasteiger partial charge in [0.1, 0.15) is 12.4 Å². The molecule has 21 heavy (non-hydrogen) atoms. The molecule has 2 aromatic rings. The second kappa shape index (κ2) is 5.75. The van der Waals surface area contributed by atoms with E-state index >= 15 is 0 Å². The molecule has 2 rings (SSSR count). The number of nitrogens with two attached hydrogens (primary N) is 1. The number of rotatable bonds is 3. The Morgan fingerprint density at radius 3 is 2.33 bits per heavy atom. The van der Waals surface area contributed by atoms with Crippen LogP contribution in [0, 0.1) is 11.3 Å². The molecule has 0 aliphatic carbocycles. The molecule has 0 spiro atoms. The standard InChI is InChI=1S/C15H11F3N2O/c16-15(17,18)14-7-13(6-3-11(14)8-19)21-9-10-1-4-12(20)5-2-10/h1-7H,9,20H2. The van der Waals surface area contributed by atoms with E-state index in [0.29, 0.717) is 5.69 Å². The van der Waals surface area contributed by atoms with E-state index in [1.54, 1.807) is 24.3 Å². The van der Waals surface area contributed by atoms with Gasteiger partial charge in [-0.1, -0.05) is 12.1 Å². The Bertz CT molecular complexity index is 673. The maximum Gasteiger partial charge on any atom is 0.417 e. The van der Waals surface area contributed by atoms with Gasteiger partial charge in [0.15, 0.2) is 0 Å². The van der Waals surface area contributed by atoms with Crippen molar-refractivity contribution in [3.05, 3.63) is 59.2 Å². The summed E-state index contributed by atoms with van der Waals surface area (Å²) in [5.41, 5.74) is 5.48. The highest BCUT2D eigenvalue weighted by Gasteiger charge is 2.34. The zero-order valence-corrected chi connectivity index (χ0v) is 10.8. The highest BCUT2D eigenvalue weighted by Crippen LogP contribution is 2.34. The molecule has 0 saturated heterocycles. The second-order valence-corrected chi connectivity index (χ2v) is 4.35. The first-order valence-corrected chi connectivity index (χ1v) is 5.98. The Morgan fingerprint density at radius 2 is 1.76 bits per heavy atom. The Morgan fingerprint density at radius 1 is 1.10 bits per heavy atom. The lowest BCUT2D eigenvalue weighted by molar-refractivity contribution is -0.137. The summed E-state index contributed by atoms with van der Waals surface area (Å²) in [6.45, 7) is 0.115. The van der Waals surface area contributed by atoms with Gasteiger partial charge in [-0.3, -0.25) is 0 Å². The number of alkyl halides is 3. The van der Waals surface area contributed by atoms with Crippen molar-refractivity contribution in [2.24, 2.45) is 0 Å². The van der Waals surface area contributed by atoms with Crippen LogP contribution < -0.4 is 10.5 Å². The number of nitriles is 1. The van der Waals surface area contributed by atoms with Crippen molar-refractivity contribution < 1.29 is 17.9 Å². The molecule has 0 amide bonds. The first-order valence-electron chi connectivity index (χ1n) is 5.98. The minimum atomic E-state index is -4.59. The number of nitrogens with zero attached hydrogens (tertiary/aromatic N) is 1. The van der Waals surface area contributed by atoms with E-state index in [4.69, 9.17) is 15.7 Å². The molecular weight excluding hydrogens is 281 g/mol. The average Bonchev–Trinajstić information content (AvgIpc) is 2.45. The molecule has 0 aliphatic rings. The summed E-state index contributed by atoms with van der Waals surface area (Å²) in [5.74, 6) is 0.0538. The van der Waals surface area contributed by atoms with Gasteiger partial charge in [0.05, 0.1) is 17.2 Å². The van der Waals surface area contributed by atoms with E-state index in [0.717, 1.165) is 17.7 Å².